The normalized spacial score (nSPS) is 16.7. The number of amides is 2. The van der Waals surface area contributed by atoms with Gasteiger partial charge >= 0.3 is 0 Å². The number of para-hydroxylation sites is 1. The SMILES string of the molecule is CC(C)Oc1ccccc1CNC(=O)[C@H]1CC(=O)N(c2ccc(F)cc2)C1. The highest BCUT2D eigenvalue weighted by Crippen LogP contribution is 2.26. The summed E-state index contributed by atoms with van der Waals surface area (Å²) in [7, 11) is 0. The second-order valence-corrected chi connectivity index (χ2v) is 6.87. The summed E-state index contributed by atoms with van der Waals surface area (Å²) in [5.74, 6) is -0.358. The zero-order chi connectivity index (χ0) is 19.4. The van der Waals surface area contributed by atoms with Crippen molar-refractivity contribution in [1.82, 2.24) is 5.32 Å². The van der Waals surface area contributed by atoms with Gasteiger partial charge in [0.05, 0.1) is 12.0 Å². The number of halogens is 1. The van der Waals surface area contributed by atoms with Crippen LogP contribution in [0.15, 0.2) is 48.5 Å². The summed E-state index contributed by atoms with van der Waals surface area (Å²) in [6, 6.07) is 13.3. The second kappa shape index (κ2) is 8.20. The maximum Gasteiger partial charge on any atom is 0.227 e. The number of carbonyl (C=O) groups excluding carboxylic acids is 2. The summed E-state index contributed by atoms with van der Waals surface area (Å²) in [4.78, 5) is 26.3. The van der Waals surface area contributed by atoms with Crippen LogP contribution in [0.4, 0.5) is 10.1 Å². The molecule has 2 aromatic carbocycles. The van der Waals surface area contributed by atoms with E-state index in [1.165, 1.54) is 17.0 Å². The second-order valence-electron chi connectivity index (χ2n) is 6.87. The molecule has 2 amide bonds. The van der Waals surface area contributed by atoms with E-state index in [4.69, 9.17) is 4.74 Å². The molecule has 1 heterocycles. The highest BCUT2D eigenvalue weighted by molar-refractivity contribution is 6.00. The smallest absolute Gasteiger partial charge is 0.227 e. The highest BCUT2D eigenvalue weighted by atomic mass is 19.1. The van der Waals surface area contributed by atoms with Crippen molar-refractivity contribution >= 4 is 17.5 Å². The molecule has 1 aliphatic rings. The van der Waals surface area contributed by atoms with Crippen LogP contribution in [-0.2, 0) is 16.1 Å². The number of ether oxygens (including phenoxy) is 1. The lowest BCUT2D eigenvalue weighted by atomic mass is 10.1. The van der Waals surface area contributed by atoms with Gasteiger partial charge in [-0.1, -0.05) is 18.2 Å². The molecule has 2 aromatic rings. The predicted molar refractivity (Wildman–Crippen MR) is 101 cm³/mol. The summed E-state index contributed by atoms with van der Waals surface area (Å²) in [6.45, 7) is 4.52. The van der Waals surface area contributed by atoms with Gasteiger partial charge in [-0.25, -0.2) is 4.39 Å². The Labute approximate surface area is 158 Å². The van der Waals surface area contributed by atoms with Crippen molar-refractivity contribution in [3.63, 3.8) is 0 Å². The van der Waals surface area contributed by atoms with Crippen LogP contribution >= 0.6 is 0 Å². The molecule has 1 fully saturated rings. The van der Waals surface area contributed by atoms with Crippen LogP contribution < -0.4 is 15.0 Å². The number of carbonyl (C=O) groups is 2. The molecule has 0 saturated carbocycles. The quantitative estimate of drug-likeness (QED) is 0.849. The van der Waals surface area contributed by atoms with Gasteiger partial charge in [0.1, 0.15) is 11.6 Å². The Bertz CT molecular complexity index is 820. The lowest BCUT2D eigenvalue weighted by Crippen LogP contribution is -2.32. The number of nitrogens with one attached hydrogen (secondary N) is 1. The monoisotopic (exact) mass is 370 g/mol. The van der Waals surface area contributed by atoms with Crippen LogP contribution in [0.2, 0.25) is 0 Å². The van der Waals surface area contributed by atoms with Crippen molar-refractivity contribution in [3.8, 4) is 5.75 Å². The van der Waals surface area contributed by atoms with Gasteiger partial charge in [0.15, 0.2) is 0 Å². The molecule has 1 aliphatic heterocycles. The fourth-order valence-electron chi connectivity index (χ4n) is 3.10. The van der Waals surface area contributed by atoms with Gasteiger partial charge in [-0.3, -0.25) is 9.59 Å². The highest BCUT2D eigenvalue weighted by Gasteiger charge is 2.35. The first-order valence-electron chi connectivity index (χ1n) is 9.02. The van der Waals surface area contributed by atoms with E-state index in [1.807, 2.05) is 38.1 Å². The third-order valence-corrected chi connectivity index (χ3v) is 4.42. The predicted octanol–water partition coefficient (Wildman–Crippen LogP) is 3.28. The molecular formula is C21H23FN2O3. The first-order valence-corrected chi connectivity index (χ1v) is 9.02. The maximum absolute atomic E-state index is 13.1. The van der Waals surface area contributed by atoms with Crippen LogP contribution in [-0.4, -0.2) is 24.5 Å². The minimum absolute atomic E-state index is 0.0403. The van der Waals surface area contributed by atoms with E-state index in [-0.39, 0.29) is 30.2 Å². The Hall–Kier alpha value is -2.89. The standard InChI is InChI=1S/C21H23FN2O3/c1-14(2)27-19-6-4-3-5-15(19)12-23-21(26)16-11-20(25)24(13-16)18-9-7-17(22)8-10-18/h3-10,14,16H,11-13H2,1-2H3,(H,23,26)/t16-/m0/s1. The molecule has 0 bridgehead atoms. The molecule has 3 rings (SSSR count). The lowest BCUT2D eigenvalue weighted by Gasteiger charge is -2.17. The number of nitrogens with zero attached hydrogens (tertiary/aromatic N) is 1. The van der Waals surface area contributed by atoms with Crippen molar-refractivity contribution in [2.45, 2.75) is 32.9 Å². The zero-order valence-electron chi connectivity index (χ0n) is 15.4. The van der Waals surface area contributed by atoms with Crippen LogP contribution in [0.5, 0.6) is 5.75 Å². The minimum atomic E-state index is -0.430. The molecule has 1 saturated heterocycles. The summed E-state index contributed by atoms with van der Waals surface area (Å²) in [5.41, 5.74) is 1.49. The molecule has 0 aliphatic carbocycles. The molecule has 0 spiro atoms. The van der Waals surface area contributed by atoms with Crippen molar-refractivity contribution in [3.05, 3.63) is 59.9 Å². The van der Waals surface area contributed by atoms with Crippen molar-refractivity contribution < 1.29 is 18.7 Å². The number of rotatable bonds is 6. The van der Waals surface area contributed by atoms with E-state index in [9.17, 15) is 14.0 Å². The van der Waals surface area contributed by atoms with Crippen LogP contribution in [0.3, 0.4) is 0 Å². The topological polar surface area (TPSA) is 58.6 Å². The van der Waals surface area contributed by atoms with E-state index in [1.54, 1.807) is 12.1 Å². The molecule has 1 atom stereocenters. The van der Waals surface area contributed by atoms with Crippen molar-refractivity contribution in [2.24, 2.45) is 5.92 Å². The number of benzene rings is 2. The molecule has 142 valence electrons. The van der Waals surface area contributed by atoms with Gasteiger partial charge in [0.2, 0.25) is 11.8 Å². The summed E-state index contributed by atoms with van der Waals surface area (Å²) in [6.07, 6.45) is 0.187. The lowest BCUT2D eigenvalue weighted by molar-refractivity contribution is -0.126. The third kappa shape index (κ3) is 4.64. The Morgan fingerprint density at radius 2 is 1.93 bits per heavy atom. The van der Waals surface area contributed by atoms with Gasteiger partial charge in [-0.05, 0) is 44.2 Å². The van der Waals surface area contributed by atoms with Gasteiger partial charge in [0, 0.05) is 30.8 Å². The number of hydrogen-bond acceptors (Lipinski definition) is 3. The summed E-state index contributed by atoms with van der Waals surface area (Å²) < 4.78 is 18.8. The van der Waals surface area contributed by atoms with E-state index < -0.39 is 5.92 Å². The first kappa shape index (κ1) is 18.9. The molecule has 1 N–H and O–H groups in total. The Balaban J connectivity index is 1.61. The van der Waals surface area contributed by atoms with Gasteiger partial charge < -0.3 is 15.0 Å². The molecular weight excluding hydrogens is 347 g/mol. The van der Waals surface area contributed by atoms with Crippen molar-refractivity contribution in [1.29, 1.82) is 0 Å². The Morgan fingerprint density at radius 3 is 2.63 bits per heavy atom. The Kier molecular flexibility index (Phi) is 5.74. The molecule has 0 radical (unpaired) electrons. The van der Waals surface area contributed by atoms with E-state index >= 15 is 0 Å². The Morgan fingerprint density at radius 1 is 1.22 bits per heavy atom. The molecule has 27 heavy (non-hydrogen) atoms. The third-order valence-electron chi connectivity index (χ3n) is 4.42. The van der Waals surface area contributed by atoms with Gasteiger partial charge in [-0.15, -0.1) is 0 Å². The fourth-order valence-corrected chi connectivity index (χ4v) is 3.10. The number of anilines is 1. The van der Waals surface area contributed by atoms with E-state index in [0.29, 0.717) is 18.8 Å². The van der Waals surface area contributed by atoms with Gasteiger partial charge in [-0.2, -0.15) is 0 Å². The minimum Gasteiger partial charge on any atom is -0.491 e. The molecule has 0 unspecified atom stereocenters. The molecule has 5 nitrogen and oxygen atoms in total. The molecule has 0 aromatic heterocycles. The van der Waals surface area contributed by atoms with Crippen LogP contribution in [0.1, 0.15) is 25.8 Å². The summed E-state index contributed by atoms with van der Waals surface area (Å²) >= 11 is 0. The molecule has 6 heteroatoms. The average molecular weight is 370 g/mol. The van der Waals surface area contributed by atoms with E-state index in [2.05, 4.69) is 5.32 Å². The van der Waals surface area contributed by atoms with E-state index in [0.717, 1.165) is 11.3 Å². The summed E-state index contributed by atoms with van der Waals surface area (Å²) in [5, 5.41) is 2.90. The average Bonchev–Trinajstić information content (AvgIpc) is 3.03. The first-order chi connectivity index (χ1) is 12.9. The largest absolute Gasteiger partial charge is 0.491 e. The van der Waals surface area contributed by atoms with Crippen LogP contribution in [0.25, 0.3) is 0 Å². The zero-order valence-corrected chi connectivity index (χ0v) is 15.4. The number of hydrogen-bond donors (Lipinski definition) is 1. The maximum atomic E-state index is 13.1. The van der Waals surface area contributed by atoms with Crippen molar-refractivity contribution in [2.75, 3.05) is 11.4 Å². The fraction of sp³-hybridized carbons (Fsp3) is 0.333. The van der Waals surface area contributed by atoms with Gasteiger partial charge in [0.25, 0.3) is 0 Å². The van der Waals surface area contributed by atoms with Crippen LogP contribution in [0, 0.1) is 11.7 Å².